The molecule has 0 bridgehead atoms. The summed E-state index contributed by atoms with van der Waals surface area (Å²) < 4.78 is 5.11. The van der Waals surface area contributed by atoms with Gasteiger partial charge >= 0.3 is 0 Å². The first kappa shape index (κ1) is 15.1. The van der Waals surface area contributed by atoms with Gasteiger partial charge in [0.25, 0.3) is 0 Å². The predicted octanol–water partition coefficient (Wildman–Crippen LogP) is 5.14. The molecule has 1 nitrogen and oxygen atoms in total. The molecular formula is C18H21ClOS. The number of methoxy groups -OCH3 is 1. The van der Waals surface area contributed by atoms with E-state index in [4.69, 9.17) is 16.3 Å². The Labute approximate surface area is 135 Å². The van der Waals surface area contributed by atoms with Gasteiger partial charge in [-0.2, -0.15) is 0 Å². The summed E-state index contributed by atoms with van der Waals surface area (Å²) in [6.45, 7) is 0.765. The van der Waals surface area contributed by atoms with Crippen molar-refractivity contribution >= 4 is 22.9 Å². The van der Waals surface area contributed by atoms with Crippen LogP contribution < -0.4 is 0 Å². The van der Waals surface area contributed by atoms with Crippen LogP contribution in [-0.4, -0.2) is 13.7 Å². The Hall–Kier alpha value is -0.830. The molecule has 0 aliphatic heterocycles. The van der Waals surface area contributed by atoms with Gasteiger partial charge in [0, 0.05) is 16.9 Å². The van der Waals surface area contributed by atoms with Crippen LogP contribution in [0, 0.1) is 0 Å². The number of thiophene rings is 1. The van der Waals surface area contributed by atoms with Gasteiger partial charge in [0.2, 0.25) is 0 Å². The lowest BCUT2D eigenvalue weighted by molar-refractivity contribution is 0.202. The Bertz CT molecular complexity index is 564. The Morgan fingerprint density at radius 3 is 2.67 bits per heavy atom. The Balaban J connectivity index is 1.75. The molecule has 1 aliphatic rings. The number of rotatable bonds is 5. The highest BCUT2D eigenvalue weighted by molar-refractivity contribution is 7.12. The summed E-state index contributed by atoms with van der Waals surface area (Å²) in [6, 6.07) is 11.0. The van der Waals surface area contributed by atoms with Crippen LogP contribution in [-0.2, 0) is 24.0 Å². The normalized spacial score (nSPS) is 15.7. The third-order valence-electron chi connectivity index (χ3n) is 4.13. The fourth-order valence-corrected chi connectivity index (χ4v) is 4.48. The van der Waals surface area contributed by atoms with E-state index in [2.05, 4.69) is 30.3 Å². The second-order valence-electron chi connectivity index (χ2n) is 5.65. The van der Waals surface area contributed by atoms with Crippen molar-refractivity contribution in [1.82, 2.24) is 0 Å². The van der Waals surface area contributed by atoms with Crippen molar-refractivity contribution in [3.05, 3.63) is 56.8 Å². The van der Waals surface area contributed by atoms with Crippen LogP contribution >= 0.6 is 22.9 Å². The zero-order valence-electron chi connectivity index (χ0n) is 12.4. The molecule has 1 aromatic heterocycles. The third kappa shape index (κ3) is 3.50. The summed E-state index contributed by atoms with van der Waals surface area (Å²) >= 11 is 8.60. The molecule has 0 N–H and O–H groups in total. The lowest BCUT2D eigenvalue weighted by atomic mass is 9.98. The highest BCUT2D eigenvalue weighted by Crippen LogP contribution is 2.38. The minimum absolute atomic E-state index is 0.0166. The lowest BCUT2D eigenvalue weighted by Gasteiger charge is -2.09. The van der Waals surface area contributed by atoms with Crippen molar-refractivity contribution in [2.75, 3.05) is 13.7 Å². The van der Waals surface area contributed by atoms with Gasteiger partial charge in [-0.15, -0.1) is 22.9 Å². The van der Waals surface area contributed by atoms with Gasteiger partial charge in [0.1, 0.15) is 0 Å². The molecule has 3 rings (SSSR count). The molecule has 3 heteroatoms. The number of ether oxygens (including phenoxy) is 1. The fourth-order valence-electron chi connectivity index (χ4n) is 2.88. The third-order valence-corrected chi connectivity index (χ3v) is 6.05. The molecule has 0 amide bonds. The highest BCUT2D eigenvalue weighted by Gasteiger charge is 2.18. The van der Waals surface area contributed by atoms with E-state index in [0.717, 1.165) is 13.0 Å². The first-order valence-corrected chi connectivity index (χ1v) is 8.86. The summed E-state index contributed by atoms with van der Waals surface area (Å²) in [5, 5.41) is -0.0166. The first-order valence-electron chi connectivity index (χ1n) is 7.61. The van der Waals surface area contributed by atoms with Gasteiger partial charge in [-0.3, -0.25) is 0 Å². The summed E-state index contributed by atoms with van der Waals surface area (Å²) in [4.78, 5) is 2.85. The van der Waals surface area contributed by atoms with Crippen molar-refractivity contribution in [2.45, 2.75) is 37.5 Å². The molecule has 0 radical (unpaired) electrons. The average Bonchev–Trinajstić information content (AvgIpc) is 2.96. The van der Waals surface area contributed by atoms with Gasteiger partial charge in [-0.25, -0.2) is 0 Å². The van der Waals surface area contributed by atoms with Crippen molar-refractivity contribution < 1.29 is 4.74 Å². The van der Waals surface area contributed by atoms with Crippen LogP contribution in [0.2, 0.25) is 0 Å². The topological polar surface area (TPSA) is 9.23 Å². The molecule has 112 valence electrons. The van der Waals surface area contributed by atoms with Crippen molar-refractivity contribution in [1.29, 1.82) is 0 Å². The molecular weight excluding hydrogens is 300 g/mol. The molecule has 0 spiro atoms. The largest absolute Gasteiger partial charge is 0.384 e. The number of alkyl halides is 1. The molecule has 0 fully saturated rings. The van der Waals surface area contributed by atoms with Gasteiger partial charge in [0.15, 0.2) is 0 Å². The molecule has 21 heavy (non-hydrogen) atoms. The Morgan fingerprint density at radius 2 is 1.95 bits per heavy atom. The minimum Gasteiger partial charge on any atom is -0.384 e. The van der Waals surface area contributed by atoms with E-state index < -0.39 is 0 Å². The Morgan fingerprint density at radius 1 is 1.19 bits per heavy atom. The van der Waals surface area contributed by atoms with Gasteiger partial charge in [-0.05, 0) is 54.9 Å². The van der Waals surface area contributed by atoms with E-state index in [1.54, 1.807) is 12.0 Å². The SMILES string of the molecule is COCCc1ccc(C(Cl)c2cc3c(s2)CCCC3)cc1. The second kappa shape index (κ2) is 6.95. The van der Waals surface area contributed by atoms with Gasteiger partial charge < -0.3 is 4.74 Å². The van der Waals surface area contributed by atoms with Crippen LogP contribution in [0.25, 0.3) is 0 Å². The zero-order chi connectivity index (χ0) is 14.7. The maximum absolute atomic E-state index is 6.69. The van der Waals surface area contributed by atoms with E-state index in [0.29, 0.717) is 0 Å². The second-order valence-corrected chi connectivity index (χ2v) is 7.26. The van der Waals surface area contributed by atoms with Gasteiger partial charge in [0.05, 0.1) is 12.0 Å². The highest BCUT2D eigenvalue weighted by atomic mass is 35.5. The van der Waals surface area contributed by atoms with Gasteiger partial charge in [-0.1, -0.05) is 24.3 Å². The number of hydrogen-bond acceptors (Lipinski definition) is 2. The molecule has 2 aromatic rings. The first-order chi connectivity index (χ1) is 10.3. The number of halogens is 1. The number of benzene rings is 1. The molecule has 1 aromatic carbocycles. The monoisotopic (exact) mass is 320 g/mol. The molecule has 1 atom stereocenters. The van der Waals surface area contributed by atoms with Crippen LogP contribution in [0.4, 0.5) is 0 Å². The molecule has 0 saturated heterocycles. The van der Waals surface area contributed by atoms with E-state index in [-0.39, 0.29) is 5.38 Å². The van der Waals surface area contributed by atoms with E-state index >= 15 is 0 Å². The predicted molar refractivity (Wildman–Crippen MR) is 90.7 cm³/mol. The van der Waals surface area contributed by atoms with Crippen molar-refractivity contribution in [3.8, 4) is 0 Å². The standard InChI is InChI=1S/C18H21ClOS/c1-20-11-10-13-6-8-14(9-7-13)18(19)17-12-15-4-2-3-5-16(15)21-17/h6-9,12,18H,2-5,10-11H2,1H3. The van der Waals surface area contributed by atoms with Crippen molar-refractivity contribution in [3.63, 3.8) is 0 Å². The van der Waals surface area contributed by atoms with Crippen molar-refractivity contribution in [2.24, 2.45) is 0 Å². The van der Waals surface area contributed by atoms with E-state index in [9.17, 15) is 0 Å². The summed E-state index contributed by atoms with van der Waals surface area (Å²) in [5.74, 6) is 0. The molecule has 1 aliphatic carbocycles. The quantitative estimate of drug-likeness (QED) is 0.693. The van der Waals surface area contributed by atoms with E-state index in [1.165, 1.54) is 47.3 Å². The molecule has 1 unspecified atom stereocenters. The van der Waals surface area contributed by atoms with Crippen LogP contribution in [0.15, 0.2) is 30.3 Å². The number of fused-ring (bicyclic) bond motifs is 1. The molecule has 1 heterocycles. The smallest absolute Gasteiger partial charge is 0.0927 e. The zero-order valence-corrected chi connectivity index (χ0v) is 14.0. The fraction of sp³-hybridized carbons (Fsp3) is 0.444. The van der Waals surface area contributed by atoms with Crippen LogP contribution in [0.3, 0.4) is 0 Å². The number of aryl methyl sites for hydroxylation is 2. The maximum Gasteiger partial charge on any atom is 0.0927 e. The average molecular weight is 321 g/mol. The molecule has 0 saturated carbocycles. The minimum atomic E-state index is -0.0166. The summed E-state index contributed by atoms with van der Waals surface area (Å²) in [5.41, 5.74) is 4.02. The summed E-state index contributed by atoms with van der Waals surface area (Å²) in [6.07, 6.45) is 6.07. The van der Waals surface area contributed by atoms with Crippen LogP contribution in [0.5, 0.6) is 0 Å². The number of hydrogen-bond donors (Lipinski definition) is 0. The lowest BCUT2D eigenvalue weighted by Crippen LogP contribution is -1.96. The summed E-state index contributed by atoms with van der Waals surface area (Å²) in [7, 11) is 1.74. The maximum atomic E-state index is 6.69. The Kier molecular flexibility index (Phi) is 4.99. The van der Waals surface area contributed by atoms with Crippen LogP contribution in [0.1, 0.15) is 44.7 Å². The van der Waals surface area contributed by atoms with E-state index in [1.807, 2.05) is 11.3 Å².